The standard InChI is InChI=1S/C15H10O3/c16-15(17)12-9-10-5-1-3-7-13(10)18-14-8-4-2-6-11(12)14/h1-9H,(H,16,17)/i1+1,3+1,5+1,7+1,10+1,13+1. The summed E-state index contributed by atoms with van der Waals surface area (Å²) in [5, 5.41) is 9.31. The molecule has 3 nitrogen and oxygen atoms in total. The minimum absolute atomic E-state index is 0.246. The van der Waals surface area contributed by atoms with Gasteiger partial charge in [-0.15, -0.1) is 0 Å². The zero-order valence-electron chi connectivity index (χ0n) is 9.46. The molecule has 3 heteroatoms. The second-order valence-corrected chi connectivity index (χ2v) is 4.00. The van der Waals surface area contributed by atoms with E-state index in [0.29, 0.717) is 17.1 Å². The number of benzene rings is 2. The molecule has 0 atom stereocenters. The molecule has 0 saturated heterocycles. The third-order valence-corrected chi connectivity index (χ3v) is 2.85. The van der Waals surface area contributed by atoms with Gasteiger partial charge in [0.25, 0.3) is 0 Å². The number of rotatable bonds is 1. The van der Waals surface area contributed by atoms with Crippen molar-refractivity contribution in [3.8, 4) is 11.5 Å². The summed E-state index contributed by atoms with van der Waals surface area (Å²) < 4.78 is 5.77. The lowest BCUT2D eigenvalue weighted by Crippen LogP contribution is -1.99. The Labute approximate surface area is 104 Å². The van der Waals surface area contributed by atoms with Crippen LogP contribution < -0.4 is 4.74 Å². The van der Waals surface area contributed by atoms with E-state index in [2.05, 4.69) is 0 Å². The third kappa shape index (κ3) is 1.66. The van der Waals surface area contributed by atoms with Crippen LogP contribution in [0.25, 0.3) is 11.6 Å². The van der Waals surface area contributed by atoms with Crippen LogP contribution in [0.15, 0.2) is 48.5 Å². The van der Waals surface area contributed by atoms with Crippen molar-refractivity contribution >= 4 is 17.6 Å². The summed E-state index contributed by atoms with van der Waals surface area (Å²) in [6.07, 6.45) is 1.64. The Balaban J connectivity index is 2.29. The number of carboxylic acid groups (broad SMARTS) is 1. The maximum absolute atomic E-state index is 11.4. The lowest BCUT2D eigenvalue weighted by molar-refractivity contribution is -0.130. The maximum atomic E-state index is 11.4. The normalized spacial score (nSPS) is 12.6. The Morgan fingerprint density at radius 3 is 2.39 bits per heavy atom. The largest absolute Gasteiger partial charge is 0.478 e. The summed E-state index contributed by atoms with van der Waals surface area (Å²) in [5.41, 5.74) is 1.61. The van der Waals surface area contributed by atoms with Gasteiger partial charge in [-0.25, -0.2) is 4.79 Å². The van der Waals surface area contributed by atoms with E-state index >= 15 is 0 Å². The average molecular weight is 244 g/mol. The highest BCUT2D eigenvalue weighted by molar-refractivity contribution is 6.21. The van der Waals surface area contributed by atoms with E-state index in [1.165, 1.54) is 0 Å². The highest BCUT2D eigenvalue weighted by Crippen LogP contribution is 2.37. The SMILES string of the molecule is O=C(O)C1=C[13c]2[13cH][13cH][13cH][13cH][13c]2Oc2ccccc21. The first kappa shape index (κ1) is 10.6. The van der Waals surface area contributed by atoms with E-state index in [9.17, 15) is 9.90 Å². The summed E-state index contributed by atoms with van der Waals surface area (Å²) in [6.45, 7) is 0. The van der Waals surface area contributed by atoms with Crippen LogP contribution in [0.2, 0.25) is 0 Å². The fraction of sp³-hybridized carbons (Fsp3) is 0. The third-order valence-electron chi connectivity index (χ3n) is 2.85. The molecule has 18 heavy (non-hydrogen) atoms. The number of aliphatic carboxylic acids is 1. The van der Waals surface area contributed by atoms with Crippen molar-refractivity contribution in [1.29, 1.82) is 0 Å². The number of hydrogen-bond donors (Lipinski definition) is 1. The van der Waals surface area contributed by atoms with Crippen LogP contribution in [0.5, 0.6) is 11.5 Å². The van der Waals surface area contributed by atoms with Crippen LogP contribution in [0.1, 0.15) is 11.1 Å². The average Bonchev–Trinajstić information content (AvgIpc) is 2.55. The van der Waals surface area contributed by atoms with E-state index in [1.807, 2.05) is 30.3 Å². The molecule has 0 aliphatic carbocycles. The molecule has 1 aliphatic rings. The number of para-hydroxylation sites is 2. The second-order valence-electron chi connectivity index (χ2n) is 4.00. The van der Waals surface area contributed by atoms with Gasteiger partial charge in [0.15, 0.2) is 0 Å². The van der Waals surface area contributed by atoms with Crippen LogP contribution in [0, 0.1) is 0 Å². The highest BCUT2D eigenvalue weighted by atomic mass is 16.6. The summed E-state index contributed by atoms with van der Waals surface area (Å²) in [5.74, 6) is 0.278. The number of fused-ring (bicyclic) bond motifs is 2. The first-order valence-corrected chi connectivity index (χ1v) is 5.57. The molecule has 88 valence electrons. The van der Waals surface area contributed by atoms with E-state index in [0.717, 1.165) is 5.56 Å². The molecule has 0 fully saturated rings. The Bertz CT molecular complexity index is 656. The van der Waals surface area contributed by atoms with Crippen LogP contribution in [0.4, 0.5) is 0 Å². The monoisotopic (exact) mass is 244 g/mol. The second kappa shape index (κ2) is 4.04. The zero-order chi connectivity index (χ0) is 12.5. The van der Waals surface area contributed by atoms with Gasteiger partial charge in [-0.3, -0.25) is 0 Å². The van der Waals surface area contributed by atoms with Crippen LogP contribution in [-0.2, 0) is 4.79 Å². The summed E-state index contributed by atoms with van der Waals surface area (Å²) in [7, 11) is 0. The van der Waals surface area contributed by atoms with Crippen molar-refractivity contribution in [1.82, 2.24) is 0 Å². The molecule has 3 rings (SSSR count). The molecule has 2 aromatic rings. The van der Waals surface area contributed by atoms with Crippen molar-refractivity contribution < 1.29 is 14.6 Å². The predicted molar refractivity (Wildman–Crippen MR) is 68.5 cm³/mol. The van der Waals surface area contributed by atoms with Gasteiger partial charge in [0, 0.05) is 11.1 Å². The van der Waals surface area contributed by atoms with Crippen molar-refractivity contribution in [3.63, 3.8) is 0 Å². The number of ether oxygens (including phenoxy) is 1. The van der Waals surface area contributed by atoms with Crippen LogP contribution in [0.3, 0.4) is 0 Å². The topological polar surface area (TPSA) is 46.5 Å². The molecule has 1 aliphatic heterocycles. The van der Waals surface area contributed by atoms with E-state index < -0.39 is 5.97 Å². The van der Waals surface area contributed by atoms with Gasteiger partial charge in [-0.1, -0.05) is 36.4 Å². The molecule has 0 unspecified atom stereocenters. The number of hydrogen-bond acceptors (Lipinski definition) is 2. The fourth-order valence-corrected chi connectivity index (χ4v) is 2.00. The van der Waals surface area contributed by atoms with Crippen molar-refractivity contribution in [2.75, 3.05) is 0 Å². The fourth-order valence-electron chi connectivity index (χ4n) is 2.00. The Kier molecular flexibility index (Phi) is 2.38. The smallest absolute Gasteiger partial charge is 0.336 e. The van der Waals surface area contributed by atoms with Gasteiger partial charge in [0.05, 0.1) is 5.57 Å². The maximum Gasteiger partial charge on any atom is 0.336 e. The number of carbonyl (C=O) groups is 1. The molecule has 0 amide bonds. The van der Waals surface area contributed by atoms with Gasteiger partial charge >= 0.3 is 5.97 Å². The van der Waals surface area contributed by atoms with Crippen LogP contribution in [-0.4, -0.2) is 11.1 Å². The Hall–Kier alpha value is -2.55. The molecule has 0 saturated carbocycles. The van der Waals surface area contributed by atoms with Crippen LogP contribution >= 0.6 is 0 Å². The minimum atomic E-state index is -0.956. The Morgan fingerprint density at radius 1 is 0.944 bits per heavy atom. The summed E-state index contributed by atoms with van der Waals surface area (Å²) >= 11 is 0. The molecular weight excluding hydrogens is 234 g/mol. The Morgan fingerprint density at radius 2 is 1.61 bits per heavy atom. The summed E-state index contributed by atoms with van der Waals surface area (Å²) in [4.78, 5) is 11.4. The zero-order valence-corrected chi connectivity index (χ0v) is 9.46. The molecule has 0 spiro atoms. The van der Waals surface area contributed by atoms with E-state index in [1.54, 1.807) is 24.3 Å². The minimum Gasteiger partial charge on any atom is -0.478 e. The molecule has 0 aromatic heterocycles. The van der Waals surface area contributed by atoms with Crippen molar-refractivity contribution in [2.24, 2.45) is 0 Å². The van der Waals surface area contributed by atoms with Gasteiger partial charge in [-0.05, 0) is 18.2 Å². The molecule has 1 heterocycles. The highest BCUT2D eigenvalue weighted by Gasteiger charge is 2.20. The van der Waals surface area contributed by atoms with Crippen molar-refractivity contribution in [3.05, 3.63) is 59.7 Å². The molecule has 2 aromatic carbocycles. The number of carboxylic acids is 1. The van der Waals surface area contributed by atoms with Gasteiger partial charge in [0.1, 0.15) is 11.5 Å². The molecular formula is C15H10O3. The quantitative estimate of drug-likeness (QED) is 0.836. The van der Waals surface area contributed by atoms with E-state index in [4.69, 9.17) is 4.74 Å². The molecule has 1 N–H and O–H groups in total. The predicted octanol–water partition coefficient (Wildman–Crippen LogP) is 3.42. The van der Waals surface area contributed by atoms with Crippen molar-refractivity contribution in [2.45, 2.75) is 0 Å². The first-order chi connectivity index (χ1) is 8.75. The summed E-state index contributed by atoms with van der Waals surface area (Å²) in [6, 6.07) is 14.5. The lowest BCUT2D eigenvalue weighted by atomic mass is 10.1. The molecule has 0 radical (unpaired) electrons. The molecule has 0 bridgehead atoms. The van der Waals surface area contributed by atoms with Gasteiger partial charge in [0.2, 0.25) is 0 Å². The van der Waals surface area contributed by atoms with Gasteiger partial charge < -0.3 is 9.84 Å². The lowest BCUT2D eigenvalue weighted by Gasteiger charge is -2.08. The first-order valence-electron chi connectivity index (χ1n) is 5.57. The van der Waals surface area contributed by atoms with E-state index in [-0.39, 0.29) is 5.57 Å². The van der Waals surface area contributed by atoms with Gasteiger partial charge in [-0.2, -0.15) is 0 Å².